The Hall–Kier alpha value is -3.97. The van der Waals surface area contributed by atoms with Gasteiger partial charge in [-0.2, -0.15) is 0 Å². The van der Waals surface area contributed by atoms with Gasteiger partial charge in [-0.1, -0.05) is 18.2 Å². The molecule has 0 bridgehead atoms. The summed E-state index contributed by atoms with van der Waals surface area (Å²) in [5.74, 6) is -0.751. The highest BCUT2D eigenvalue weighted by Gasteiger charge is 2.67. The molecule has 0 unspecified atom stereocenters. The van der Waals surface area contributed by atoms with Gasteiger partial charge in [0.1, 0.15) is 24.2 Å². The van der Waals surface area contributed by atoms with Gasteiger partial charge in [0.15, 0.2) is 0 Å². The number of amides is 3. The van der Waals surface area contributed by atoms with E-state index in [4.69, 9.17) is 25.4 Å². The van der Waals surface area contributed by atoms with Crippen molar-refractivity contribution in [3.8, 4) is 5.75 Å². The van der Waals surface area contributed by atoms with Crippen LogP contribution < -0.4 is 21.1 Å². The summed E-state index contributed by atoms with van der Waals surface area (Å²) in [6, 6.07) is 9.70. The molecule has 2 aliphatic rings. The van der Waals surface area contributed by atoms with Crippen LogP contribution in [-0.4, -0.2) is 79.5 Å². The molecule has 4 atom stereocenters. The SMILES string of the molecule is CCOC(=O)COC[C@@]12C[C@@H]1N(C(=O)CNC(=O)CCCOc1ccccc1)[C@H](C(=O)N[C@H](C)c1cc(C(=N)N)cs1)C2. The highest BCUT2D eigenvalue weighted by atomic mass is 32.1. The van der Waals surface area contributed by atoms with Crippen molar-refractivity contribution < 1.29 is 33.4 Å². The largest absolute Gasteiger partial charge is 0.494 e. The number of ether oxygens (including phenoxy) is 3. The number of esters is 1. The molecule has 1 saturated carbocycles. The third kappa shape index (κ3) is 8.32. The Bertz CT molecular complexity index is 1320. The Balaban J connectivity index is 1.33. The maximum absolute atomic E-state index is 13.5. The molecular formula is C30H39N5O7S. The van der Waals surface area contributed by atoms with Crippen LogP contribution in [-0.2, 0) is 28.7 Å². The van der Waals surface area contributed by atoms with Gasteiger partial charge in [0, 0.05) is 33.7 Å². The number of nitrogens with zero attached hydrogens (tertiary/aromatic N) is 1. The van der Waals surface area contributed by atoms with E-state index in [1.165, 1.54) is 11.3 Å². The molecule has 12 nitrogen and oxygen atoms in total. The van der Waals surface area contributed by atoms with Crippen LogP contribution in [0.15, 0.2) is 41.8 Å². The molecule has 0 radical (unpaired) electrons. The van der Waals surface area contributed by atoms with Gasteiger partial charge in [-0.3, -0.25) is 19.8 Å². The molecule has 3 amide bonds. The average molecular weight is 614 g/mol. The fourth-order valence-electron chi connectivity index (χ4n) is 5.36. The summed E-state index contributed by atoms with van der Waals surface area (Å²) in [5.41, 5.74) is 5.71. The lowest BCUT2D eigenvalue weighted by atomic mass is 10.00. The van der Waals surface area contributed by atoms with Crippen molar-refractivity contribution in [3.05, 3.63) is 52.2 Å². The van der Waals surface area contributed by atoms with E-state index < -0.39 is 17.4 Å². The molecule has 5 N–H and O–H groups in total. The zero-order valence-electron chi connectivity index (χ0n) is 24.4. The van der Waals surface area contributed by atoms with E-state index >= 15 is 0 Å². The summed E-state index contributed by atoms with van der Waals surface area (Å²) < 4.78 is 16.2. The molecule has 2 fully saturated rings. The Morgan fingerprint density at radius 3 is 2.67 bits per heavy atom. The number of carbonyl (C=O) groups excluding carboxylic acids is 4. The first-order valence-corrected chi connectivity index (χ1v) is 15.2. The maximum Gasteiger partial charge on any atom is 0.332 e. The topological polar surface area (TPSA) is 173 Å². The Morgan fingerprint density at radius 1 is 1.21 bits per heavy atom. The zero-order valence-corrected chi connectivity index (χ0v) is 25.2. The number of thiophene rings is 1. The van der Waals surface area contributed by atoms with E-state index in [1.54, 1.807) is 23.3 Å². The number of benzene rings is 1. The second kappa shape index (κ2) is 14.5. The van der Waals surface area contributed by atoms with E-state index in [0.717, 1.165) is 10.6 Å². The number of nitrogens with one attached hydrogen (secondary N) is 3. The highest BCUT2D eigenvalue weighted by molar-refractivity contribution is 7.10. The molecule has 2 heterocycles. The standard InChI is InChI=1S/C30H39N5O7S/c1-3-41-27(38)16-40-18-30-13-22(29(39)34-19(2)23-12-20(17-43-23)28(31)32)35(24(30)14-30)26(37)15-33-25(36)10-7-11-42-21-8-5-4-6-9-21/h4-6,8-9,12,17,19,22,24H,3,7,10-11,13-16,18H2,1-2H3,(H3,31,32)(H,33,36)(H,34,39)/t19-,22+,24+,30-/m1/s1. The van der Waals surface area contributed by atoms with E-state index in [2.05, 4.69) is 10.6 Å². The molecule has 2 aromatic rings. The Morgan fingerprint density at radius 2 is 1.98 bits per heavy atom. The van der Waals surface area contributed by atoms with Crippen LogP contribution in [0.1, 0.15) is 56.0 Å². The second-order valence-corrected chi connectivity index (χ2v) is 11.8. The minimum atomic E-state index is -0.761. The van der Waals surface area contributed by atoms with Gasteiger partial charge >= 0.3 is 5.97 Å². The number of nitrogen functional groups attached to an aromatic ring is 1. The van der Waals surface area contributed by atoms with Crippen molar-refractivity contribution in [1.29, 1.82) is 5.41 Å². The summed E-state index contributed by atoms with van der Waals surface area (Å²) in [5, 5.41) is 15.0. The first-order valence-electron chi connectivity index (χ1n) is 14.4. The number of hydrogen-bond acceptors (Lipinski definition) is 9. The van der Waals surface area contributed by atoms with Crippen molar-refractivity contribution in [2.24, 2.45) is 11.1 Å². The number of rotatable bonds is 16. The maximum atomic E-state index is 13.5. The molecule has 232 valence electrons. The first-order chi connectivity index (χ1) is 20.6. The number of amidine groups is 1. The minimum Gasteiger partial charge on any atom is -0.494 e. The normalized spacial score (nSPS) is 20.9. The Labute approximate surface area is 254 Å². The number of carbonyl (C=O) groups is 4. The van der Waals surface area contributed by atoms with Crippen molar-refractivity contribution in [1.82, 2.24) is 15.5 Å². The lowest BCUT2D eigenvalue weighted by Crippen LogP contribution is -2.51. The van der Waals surface area contributed by atoms with Crippen LogP contribution in [0.5, 0.6) is 5.75 Å². The first kappa shape index (κ1) is 32.0. The second-order valence-electron chi connectivity index (χ2n) is 10.8. The molecule has 1 aromatic carbocycles. The lowest BCUT2D eigenvalue weighted by molar-refractivity contribution is -0.149. The fraction of sp³-hybridized carbons (Fsp3) is 0.500. The fourth-order valence-corrected chi connectivity index (χ4v) is 6.27. The van der Waals surface area contributed by atoms with Crippen LogP contribution >= 0.6 is 11.3 Å². The van der Waals surface area contributed by atoms with Gasteiger partial charge < -0.3 is 35.5 Å². The van der Waals surface area contributed by atoms with E-state index in [9.17, 15) is 19.2 Å². The van der Waals surface area contributed by atoms with Gasteiger partial charge in [-0.05, 0) is 51.3 Å². The van der Waals surface area contributed by atoms with E-state index in [-0.39, 0.29) is 68.4 Å². The summed E-state index contributed by atoms with van der Waals surface area (Å²) in [7, 11) is 0. The third-order valence-corrected chi connectivity index (χ3v) is 8.75. The highest BCUT2D eigenvalue weighted by Crippen LogP contribution is 2.59. The number of fused-ring (bicyclic) bond motifs is 1. The molecular weight excluding hydrogens is 574 g/mol. The van der Waals surface area contributed by atoms with E-state index in [1.807, 2.05) is 37.3 Å². The number of para-hydroxylation sites is 1. The third-order valence-electron chi connectivity index (χ3n) is 7.64. The predicted octanol–water partition coefficient (Wildman–Crippen LogP) is 2.12. The van der Waals surface area contributed by atoms with Gasteiger partial charge in [-0.25, -0.2) is 4.79 Å². The smallest absolute Gasteiger partial charge is 0.332 e. The van der Waals surface area contributed by atoms with Crippen molar-refractivity contribution >= 4 is 40.9 Å². The average Bonchev–Trinajstić information content (AvgIpc) is 3.31. The van der Waals surface area contributed by atoms with Crippen LogP contribution in [0, 0.1) is 10.8 Å². The van der Waals surface area contributed by atoms with Crippen LogP contribution in [0.25, 0.3) is 0 Å². The van der Waals surface area contributed by atoms with Gasteiger partial charge in [0.05, 0.1) is 32.4 Å². The van der Waals surface area contributed by atoms with Gasteiger partial charge in [-0.15, -0.1) is 11.3 Å². The quantitative estimate of drug-likeness (QED) is 0.0964. The Kier molecular flexibility index (Phi) is 10.8. The molecule has 0 spiro atoms. The van der Waals surface area contributed by atoms with E-state index in [0.29, 0.717) is 31.4 Å². The summed E-state index contributed by atoms with van der Waals surface area (Å²) >= 11 is 1.39. The minimum absolute atomic E-state index is 0.0517. The monoisotopic (exact) mass is 613 g/mol. The number of nitrogens with two attached hydrogens (primary N) is 1. The van der Waals surface area contributed by atoms with Crippen LogP contribution in [0.4, 0.5) is 0 Å². The van der Waals surface area contributed by atoms with Gasteiger partial charge in [0.2, 0.25) is 17.7 Å². The number of likely N-dealkylation sites (tertiary alicyclic amines) is 1. The van der Waals surface area contributed by atoms with Crippen molar-refractivity contribution in [3.63, 3.8) is 0 Å². The lowest BCUT2D eigenvalue weighted by Gasteiger charge is -2.28. The van der Waals surface area contributed by atoms with Crippen molar-refractivity contribution in [2.75, 3.05) is 33.0 Å². The molecule has 1 saturated heterocycles. The zero-order chi connectivity index (χ0) is 31.0. The number of hydrogen-bond donors (Lipinski definition) is 4. The molecule has 1 aliphatic carbocycles. The van der Waals surface area contributed by atoms with Crippen molar-refractivity contribution in [2.45, 2.75) is 57.7 Å². The van der Waals surface area contributed by atoms with Crippen LogP contribution in [0.2, 0.25) is 0 Å². The molecule has 4 rings (SSSR count). The summed E-state index contributed by atoms with van der Waals surface area (Å²) in [6.07, 6.45) is 1.69. The molecule has 1 aromatic heterocycles. The molecule has 1 aliphatic heterocycles. The molecule has 43 heavy (non-hydrogen) atoms. The molecule has 13 heteroatoms. The van der Waals surface area contributed by atoms with Crippen LogP contribution in [0.3, 0.4) is 0 Å². The summed E-state index contributed by atoms with van der Waals surface area (Å²) in [4.78, 5) is 53.5. The van der Waals surface area contributed by atoms with Gasteiger partial charge in [0.25, 0.3) is 0 Å². The number of piperidine rings is 1. The predicted molar refractivity (Wildman–Crippen MR) is 160 cm³/mol. The summed E-state index contributed by atoms with van der Waals surface area (Å²) in [6.45, 7) is 3.93.